The second-order valence-electron chi connectivity index (χ2n) is 5.58. The van der Waals surface area contributed by atoms with Gasteiger partial charge < -0.3 is 15.4 Å². The van der Waals surface area contributed by atoms with Crippen molar-refractivity contribution in [3.8, 4) is 0 Å². The molecule has 3 fully saturated rings. The highest BCUT2D eigenvalue weighted by Crippen LogP contribution is 2.45. The number of hydrogen-bond acceptors (Lipinski definition) is 3. The van der Waals surface area contributed by atoms with E-state index in [9.17, 15) is 4.79 Å². The fraction of sp³-hybridized carbons (Fsp3) is 0.909. The monoisotopic (exact) mass is 212 g/mol. The van der Waals surface area contributed by atoms with Gasteiger partial charge in [0.25, 0.3) is 0 Å². The topological polar surface area (TPSA) is 55.6 Å². The van der Waals surface area contributed by atoms with Crippen LogP contribution in [0.25, 0.3) is 0 Å². The quantitative estimate of drug-likeness (QED) is 0.713. The first-order chi connectivity index (χ1) is 6.92. The molecule has 0 aromatic carbocycles. The van der Waals surface area contributed by atoms with Crippen LogP contribution in [0.5, 0.6) is 0 Å². The van der Waals surface area contributed by atoms with E-state index >= 15 is 0 Å². The molecular formula is C11H20N2O2. The van der Waals surface area contributed by atoms with Gasteiger partial charge in [-0.05, 0) is 39.5 Å². The van der Waals surface area contributed by atoms with Crippen LogP contribution in [-0.2, 0) is 4.74 Å². The van der Waals surface area contributed by atoms with E-state index in [0.717, 1.165) is 12.8 Å². The van der Waals surface area contributed by atoms with Crippen molar-refractivity contribution in [3.05, 3.63) is 0 Å². The Bertz CT molecular complexity index is 266. The van der Waals surface area contributed by atoms with E-state index < -0.39 is 5.60 Å². The summed E-state index contributed by atoms with van der Waals surface area (Å²) in [5, 5.41) is 0. The van der Waals surface area contributed by atoms with Crippen molar-refractivity contribution in [1.29, 1.82) is 0 Å². The van der Waals surface area contributed by atoms with Gasteiger partial charge in [0, 0.05) is 12.6 Å². The van der Waals surface area contributed by atoms with E-state index in [4.69, 9.17) is 10.5 Å². The second-order valence-corrected chi connectivity index (χ2v) is 5.58. The molecule has 0 radical (unpaired) electrons. The number of amides is 1. The number of hydrogen-bond donors (Lipinski definition) is 1. The minimum Gasteiger partial charge on any atom is -0.444 e. The van der Waals surface area contributed by atoms with E-state index in [-0.39, 0.29) is 12.1 Å². The molecule has 0 spiro atoms. The summed E-state index contributed by atoms with van der Waals surface area (Å²) in [5.41, 5.74) is 5.28. The van der Waals surface area contributed by atoms with Crippen LogP contribution in [0.4, 0.5) is 4.79 Å². The van der Waals surface area contributed by atoms with E-state index in [1.807, 2.05) is 25.7 Å². The number of carbonyl (C=O) groups excluding carboxylic acids is 1. The van der Waals surface area contributed by atoms with E-state index in [1.165, 1.54) is 0 Å². The number of rotatable bonds is 1. The molecule has 1 amide bonds. The number of carbonyl (C=O) groups is 1. The molecule has 1 saturated carbocycles. The standard InChI is InChI=1S/C11H20N2O2/c1-11(2,3)15-10(14)13-8-4-7(5-8)9(13)6-12/h7-9H,4-6,12H2,1-3H3. The first-order valence-electron chi connectivity index (χ1n) is 5.64. The maximum absolute atomic E-state index is 11.9. The highest BCUT2D eigenvalue weighted by atomic mass is 16.6. The van der Waals surface area contributed by atoms with Crippen molar-refractivity contribution in [3.63, 3.8) is 0 Å². The summed E-state index contributed by atoms with van der Waals surface area (Å²) >= 11 is 0. The Labute approximate surface area is 90.8 Å². The van der Waals surface area contributed by atoms with Crippen molar-refractivity contribution >= 4 is 6.09 Å². The minimum atomic E-state index is -0.413. The molecule has 15 heavy (non-hydrogen) atoms. The van der Waals surface area contributed by atoms with Gasteiger partial charge in [-0.2, -0.15) is 0 Å². The fourth-order valence-corrected chi connectivity index (χ4v) is 2.57. The van der Waals surface area contributed by atoms with Gasteiger partial charge in [0.05, 0.1) is 6.04 Å². The van der Waals surface area contributed by atoms with E-state index in [2.05, 4.69) is 0 Å². The second kappa shape index (κ2) is 3.37. The SMILES string of the molecule is CC(C)(C)OC(=O)N1C2CC(C2)C1CN. The van der Waals surface area contributed by atoms with Crippen LogP contribution in [0.2, 0.25) is 0 Å². The first kappa shape index (κ1) is 10.7. The third kappa shape index (κ3) is 1.83. The maximum atomic E-state index is 11.9. The number of ether oxygens (including phenoxy) is 1. The lowest BCUT2D eigenvalue weighted by molar-refractivity contribution is 0.0194. The van der Waals surface area contributed by atoms with Crippen molar-refractivity contribution in [1.82, 2.24) is 4.90 Å². The molecule has 2 N–H and O–H groups in total. The molecule has 1 aliphatic carbocycles. The predicted molar refractivity (Wildman–Crippen MR) is 57.4 cm³/mol. The summed E-state index contributed by atoms with van der Waals surface area (Å²) in [5.74, 6) is 0.618. The first-order valence-corrected chi connectivity index (χ1v) is 5.64. The molecule has 1 unspecified atom stereocenters. The molecule has 86 valence electrons. The molecular weight excluding hydrogens is 192 g/mol. The Morgan fingerprint density at radius 3 is 2.53 bits per heavy atom. The Balaban J connectivity index is 2.01. The van der Waals surface area contributed by atoms with Gasteiger partial charge >= 0.3 is 6.09 Å². The van der Waals surface area contributed by atoms with Crippen LogP contribution >= 0.6 is 0 Å². The third-order valence-electron chi connectivity index (χ3n) is 3.29. The molecule has 2 aliphatic heterocycles. The Morgan fingerprint density at radius 1 is 1.47 bits per heavy atom. The van der Waals surface area contributed by atoms with Gasteiger partial charge in [0.2, 0.25) is 0 Å². The lowest BCUT2D eigenvalue weighted by atomic mass is 9.83. The zero-order valence-electron chi connectivity index (χ0n) is 9.69. The van der Waals surface area contributed by atoms with Crippen molar-refractivity contribution in [2.45, 2.75) is 51.3 Å². The fourth-order valence-electron chi connectivity index (χ4n) is 2.57. The molecule has 4 heteroatoms. The summed E-state index contributed by atoms with van der Waals surface area (Å²) in [7, 11) is 0. The molecule has 3 rings (SSSR count). The highest BCUT2D eigenvalue weighted by Gasteiger charge is 2.52. The zero-order chi connectivity index (χ0) is 11.2. The molecule has 4 nitrogen and oxygen atoms in total. The van der Waals surface area contributed by atoms with Crippen LogP contribution in [0, 0.1) is 5.92 Å². The smallest absolute Gasteiger partial charge is 0.410 e. The predicted octanol–water partition coefficient (Wildman–Crippen LogP) is 1.34. The van der Waals surface area contributed by atoms with Gasteiger partial charge in [-0.1, -0.05) is 0 Å². The lowest BCUT2D eigenvalue weighted by Gasteiger charge is -2.29. The van der Waals surface area contributed by atoms with E-state index in [0.29, 0.717) is 18.5 Å². The van der Waals surface area contributed by atoms with E-state index in [1.54, 1.807) is 0 Å². The summed E-state index contributed by atoms with van der Waals surface area (Å²) < 4.78 is 5.38. The normalized spacial score (nSPS) is 33.9. The summed E-state index contributed by atoms with van der Waals surface area (Å²) in [6.07, 6.45) is 2.03. The van der Waals surface area contributed by atoms with Crippen LogP contribution in [0.15, 0.2) is 0 Å². The van der Waals surface area contributed by atoms with Crippen molar-refractivity contribution in [2.75, 3.05) is 6.54 Å². The van der Waals surface area contributed by atoms with Crippen LogP contribution in [-0.4, -0.2) is 35.2 Å². The Kier molecular flexibility index (Phi) is 2.41. The molecule has 2 heterocycles. The highest BCUT2D eigenvalue weighted by molar-refractivity contribution is 5.70. The largest absolute Gasteiger partial charge is 0.444 e. The maximum Gasteiger partial charge on any atom is 0.410 e. The van der Waals surface area contributed by atoms with Crippen LogP contribution < -0.4 is 5.73 Å². The average Bonchev–Trinajstić information content (AvgIpc) is 2.50. The molecule has 2 bridgehead atoms. The Morgan fingerprint density at radius 2 is 2.07 bits per heavy atom. The van der Waals surface area contributed by atoms with Gasteiger partial charge in [-0.15, -0.1) is 0 Å². The number of nitrogens with zero attached hydrogens (tertiary/aromatic N) is 1. The van der Waals surface area contributed by atoms with Gasteiger partial charge in [-0.3, -0.25) is 0 Å². The average molecular weight is 212 g/mol. The molecule has 2 saturated heterocycles. The van der Waals surface area contributed by atoms with Crippen molar-refractivity contribution in [2.24, 2.45) is 11.7 Å². The summed E-state index contributed by atoms with van der Waals surface area (Å²) in [6.45, 7) is 6.23. The molecule has 1 atom stereocenters. The number of nitrogens with two attached hydrogens (primary N) is 1. The van der Waals surface area contributed by atoms with Gasteiger partial charge in [0.15, 0.2) is 0 Å². The Hall–Kier alpha value is -0.770. The zero-order valence-corrected chi connectivity index (χ0v) is 9.69. The molecule has 0 aromatic rings. The van der Waals surface area contributed by atoms with Gasteiger partial charge in [0.1, 0.15) is 5.60 Å². The lowest BCUT2D eigenvalue weighted by Crippen LogP contribution is -2.43. The van der Waals surface area contributed by atoms with Crippen LogP contribution in [0.1, 0.15) is 33.6 Å². The summed E-state index contributed by atoms with van der Waals surface area (Å²) in [6, 6.07) is 0.600. The summed E-state index contributed by atoms with van der Waals surface area (Å²) in [4.78, 5) is 13.8. The van der Waals surface area contributed by atoms with Crippen LogP contribution in [0.3, 0.4) is 0 Å². The third-order valence-corrected chi connectivity index (χ3v) is 3.29. The number of fused-ring (bicyclic) bond motifs is 1. The van der Waals surface area contributed by atoms with Crippen molar-refractivity contribution < 1.29 is 9.53 Å². The molecule has 0 aromatic heterocycles. The van der Waals surface area contributed by atoms with Gasteiger partial charge in [-0.25, -0.2) is 4.79 Å². The molecule has 3 aliphatic rings. The minimum absolute atomic E-state index is 0.192.